The van der Waals surface area contributed by atoms with Gasteiger partial charge in [0.1, 0.15) is 23.9 Å². The Kier molecular flexibility index (Phi) is 10.9. The number of aryl methyl sites for hydroxylation is 2. The molecule has 320 valence electrons. The first-order chi connectivity index (χ1) is 28.5. The zero-order chi connectivity index (χ0) is 44.2. The fourth-order valence-electron chi connectivity index (χ4n) is 6.56. The van der Waals surface area contributed by atoms with Gasteiger partial charge in [0.15, 0.2) is 28.7 Å². The summed E-state index contributed by atoms with van der Waals surface area (Å²) in [7, 11) is 2.91. The molecule has 1 saturated heterocycles. The average molecular weight is 835 g/mol. The molecule has 2 aliphatic rings. The Morgan fingerprint density at radius 2 is 1.21 bits per heavy atom. The van der Waals surface area contributed by atoms with E-state index in [2.05, 4.69) is 30.4 Å². The summed E-state index contributed by atoms with van der Waals surface area (Å²) in [5.74, 6) is 0.895. The third kappa shape index (κ3) is 9.04. The van der Waals surface area contributed by atoms with E-state index in [1.807, 2.05) is 66.8 Å². The van der Waals surface area contributed by atoms with E-state index in [0.29, 0.717) is 52.6 Å². The lowest BCUT2D eigenvalue weighted by Crippen LogP contribution is -2.41. The van der Waals surface area contributed by atoms with Crippen molar-refractivity contribution in [1.82, 2.24) is 48.8 Å². The summed E-state index contributed by atoms with van der Waals surface area (Å²) in [6, 6.07) is 7.10. The van der Waals surface area contributed by atoms with E-state index >= 15 is 0 Å². The molecule has 19 nitrogen and oxygen atoms in total. The van der Waals surface area contributed by atoms with E-state index in [1.165, 1.54) is 22.5 Å². The smallest absolute Gasteiger partial charge is 0.443 e. The number of anilines is 4. The Morgan fingerprint density at radius 3 is 1.64 bits per heavy atom. The number of aromatic nitrogens is 10. The molecule has 0 N–H and O–H groups in total. The molecular weight excluding hydrogens is 783 g/mol. The first kappa shape index (κ1) is 42.7. The van der Waals surface area contributed by atoms with Crippen LogP contribution in [-0.2, 0) is 37.7 Å². The van der Waals surface area contributed by atoms with Gasteiger partial charge in [-0.1, -0.05) is 0 Å². The van der Waals surface area contributed by atoms with Gasteiger partial charge in [0.25, 0.3) is 0 Å². The van der Waals surface area contributed by atoms with Gasteiger partial charge in [0.05, 0.1) is 22.6 Å². The number of fused-ring (bicyclic) bond motifs is 2. The Morgan fingerprint density at radius 1 is 0.738 bits per heavy atom. The number of carbonyl (C=O) groups is 3. The molecule has 0 bridgehead atoms. The van der Waals surface area contributed by atoms with Gasteiger partial charge >= 0.3 is 19.3 Å². The normalized spacial score (nSPS) is 16.1. The zero-order valence-electron chi connectivity index (χ0n) is 36.6. The maximum atomic E-state index is 13.3. The highest BCUT2D eigenvalue weighted by Crippen LogP contribution is 2.38. The number of amides is 2. The monoisotopic (exact) mass is 834 g/mol. The lowest BCUT2D eigenvalue weighted by molar-refractivity contribution is -0.114. The Hall–Kier alpha value is -6.41. The third-order valence-corrected chi connectivity index (χ3v) is 10.1. The van der Waals surface area contributed by atoms with E-state index in [-0.39, 0.29) is 5.78 Å². The first-order valence-electron chi connectivity index (χ1n) is 19.8. The van der Waals surface area contributed by atoms with Crippen LogP contribution in [0.4, 0.5) is 32.6 Å². The molecule has 61 heavy (non-hydrogen) atoms. The standard InChI is InChI=1S/C21H29BN6O4.C20H22N6O3/c1-19(2,3)30-18(29)28(16-9-10-26(8)25-16)15-11-14(12-27-17(15)23-13-24-27)22-31-20(4,5)21(6,7)32-22;1-20(2,3)29-19(28)26(17-7-8-24(4)23-17)16-10-14(13-5-6-15(27)9-13)11-25-18(16)21-12-22-25/h9-13H,1-8H3;7-12H,5-6H2,1-4H3. The van der Waals surface area contributed by atoms with Crippen LogP contribution in [0.1, 0.15) is 87.6 Å². The number of carbonyl (C=O) groups excluding carboxylic acids is 3. The molecule has 6 aromatic heterocycles. The Balaban J connectivity index is 0.000000185. The van der Waals surface area contributed by atoms with Crippen molar-refractivity contribution in [2.75, 3.05) is 9.80 Å². The molecular formula is C41H51BN12O7. The second-order valence-corrected chi connectivity index (χ2v) is 17.9. The molecule has 0 radical (unpaired) electrons. The molecule has 1 aliphatic heterocycles. The highest BCUT2D eigenvalue weighted by molar-refractivity contribution is 6.62. The van der Waals surface area contributed by atoms with Crippen molar-refractivity contribution in [3.05, 3.63) is 73.3 Å². The number of ketones is 1. The van der Waals surface area contributed by atoms with E-state index in [1.54, 1.807) is 90.1 Å². The van der Waals surface area contributed by atoms with E-state index in [4.69, 9.17) is 18.8 Å². The molecule has 1 fully saturated rings. The van der Waals surface area contributed by atoms with Gasteiger partial charge in [0, 0.05) is 62.9 Å². The summed E-state index contributed by atoms with van der Waals surface area (Å²) in [6.45, 7) is 18.8. The number of ether oxygens (including phenoxy) is 2. The summed E-state index contributed by atoms with van der Waals surface area (Å²) in [6.07, 6.45) is 11.6. The highest BCUT2D eigenvalue weighted by Gasteiger charge is 2.52. The number of hydrogen-bond donors (Lipinski definition) is 0. The van der Waals surface area contributed by atoms with E-state index < -0.39 is 41.7 Å². The van der Waals surface area contributed by atoms with Crippen molar-refractivity contribution < 1.29 is 33.2 Å². The number of nitrogens with zero attached hydrogens (tertiary/aromatic N) is 12. The number of allylic oxidation sites excluding steroid dienone is 2. The predicted molar refractivity (Wildman–Crippen MR) is 227 cm³/mol. The number of rotatable bonds is 6. The summed E-state index contributed by atoms with van der Waals surface area (Å²) in [5, 5.41) is 17.3. The second-order valence-electron chi connectivity index (χ2n) is 17.9. The van der Waals surface area contributed by atoms with Crippen LogP contribution in [0.3, 0.4) is 0 Å². The van der Waals surface area contributed by atoms with Crippen molar-refractivity contribution >= 4 is 70.4 Å². The maximum Gasteiger partial charge on any atom is 0.496 e. The fraction of sp³-hybridized carbons (Fsp3) is 0.439. The van der Waals surface area contributed by atoms with Crippen molar-refractivity contribution in [3.63, 3.8) is 0 Å². The second kappa shape index (κ2) is 15.6. The van der Waals surface area contributed by atoms with Crippen molar-refractivity contribution in [2.24, 2.45) is 14.1 Å². The quantitative estimate of drug-likeness (QED) is 0.175. The fourth-order valence-corrected chi connectivity index (χ4v) is 6.56. The minimum atomic E-state index is -0.697. The average Bonchev–Trinajstić information content (AvgIpc) is 3.99. The first-order valence-corrected chi connectivity index (χ1v) is 19.8. The van der Waals surface area contributed by atoms with Crippen LogP contribution in [0.2, 0.25) is 0 Å². The number of pyridine rings is 2. The molecule has 1 aliphatic carbocycles. The third-order valence-electron chi connectivity index (χ3n) is 10.1. The number of hydrogen-bond acceptors (Lipinski definition) is 13. The van der Waals surface area contributed by atoms with Crippen molar-refractivity contribution in [2.45, 2.75) is 104 Å². The van der Waals surface area contributed by atoms with Crippen LogP contribution >= 0.6 is 0 Å². The Bertz CT molecular complexity index is 2640. The van der Waals surface area contributed by atoms with Crippen LogP contribution in [-0.4, -0.2) is 96.2 Å². The van der Waals surface area contributed by atoms with Crippen molar-refractivity contribution in [1.29, 1.82) is 0 Å². The summed E-state index contributed by atoms with van der Waals surface area (Å²) >= 11 is 0. The lowest BCUT2D eigenvalue weighted by Gasteiger charge is -2.32. The van der Waals surface area contributed by atoms with Gasteiger partial charge in [-0.15, -0.1) is 0 Å². The minimum absolute atomic E-state index is 0.0916. The lowest BCUT2D eigenvalue weighted by atomic mass is 9.80. The van der Waals surface area contributed by atoms with E-state index in [9.17, 15) is 14.4 Å². The Labute approximate surface area is 353 Å². The topological polar surface area (TPSA) is 191 Å². The molecule has 2 amide bonds. The zero-order valence-corrected chi connectivity index (χ0v) is 36.6. The molecule has 7 heterocycles. The van der Waals surface area contributed by atoms with E-state index in [0.717, 1.165) is 11.1 Å². The van der Waals surface area contributed by atoms with Crippen LogP contribution < -0.4 is 15.3 Å². The molecule has 0 aromatic carbocycles. The van der Waals surface area contributed by atoms with Gasteiger partial charge in [-0.05, 0) is 105 Å². The molecule has 0 saturated carbocycles. The van der Waals surface area contributed by atoms with Gasteiger partial charge in [-0.3, -0.25) is 14.2 Å². The predicted octanol–water partition coefficient (Wildman–Crippen LogP) is 6.12. The molecule has 20 heteroatoms. The molecule has 0 atom stereocenters. The van der Waals surface area contributed by atoms with Crippen LogP contribution in [0, 0.1) is 0 Å². The molecule has 8 rings (SSSR count). The van der Waals surface area contributed by atoms with Crippen LogP contribution in [0.15, 0.2) is 67.8 Å². The summed E-state index contributed by atoms with van der Waals surface area (Å²) in [4.78, 5) is 49.6. The highest BCUT2D eigenvalue weighted by atomic mass is 16.7. The summed E-state index contributed by atoms with van der Waals surface area (Å²) < 4.78 is 30.2. The largest absolute Gasteiger partial charge is 0.496 e. The molecule has 0 unspecified atom stereocenters. The van der Waals surface area contributed by atoms with Crippen molar-refractivity contribution in [3.8, 4) is 0 Å². The SMILES string of the molecule is Cn1ccc(N(C(=O)OC(C)(C)C)c2cc(B3OC(C)(C)C(C)(C)O3)cn3ncnc23)n1.Cn1ccc(N(C(=O)OC(C)(C)C)c2cc(C3=CC(=O)CC3)cn3ncnc23)n1. The van der Waals surface area contributed by atoms with Gasteiger partial charge in [0.2, 0.25) is 0 Å². The minimum Gasteiger partial charge on any atom is -0.443 e. The van der Waals surface area contributed by atoms with Gasteiger partial charge in [-0.2, -0.15) is 20.4 Å². The van der Waals surface area contributed by atoms with Crippen LogP contribution in [0.5, 0.6) is 0 Å². The maximum absolute atomic E-state index is 13.3. The summed E-state index contributed by atoms with van der Waals surface area (Å²) in [5.41, 5.74) is 1.88. The van der Waals surface area contributed by atoms with Gasteiger partial charge < -0.3 is 18.8 Å². The van der Waals surface area contributed by atoms with Gasteiger partial charge in [-0.25, -0.2) is 38.4 Å². The van der Waals surface area contributed by atoms with Crippen LogP contribution in [0.25, 0.3) is 16.9 Å². The molecule has 6 aromatic rings. The molecule has 0 spiro atoms.